The summed E-state index contributed by atoms with van der Waals surface area (Å²) in [6, 6.07) is 0.209. The first-order valence-electron chi connectivity index (χ1n) is 5.89. The van der Waals surface area contributed by atoms with Crippen LogP contribution in [0.4, 0.5) is 0 Å². The molecule has 4 nitrogen and oxygen atoms in total. The maximum Gasteiger partial charge on any atom is 0.223 e. The van der Waals surface area contributed by atoms with Crippen molar-refractivity contribution in [2.45, 2.75) is 31.7 Å². The molecule has 0 aromatic carbocycles. The van der Waals surface area contributed by atoms with Crippen LogP contribution >= 0.6 is 0 Å². The Labute approximate surface area is 90.5 Å². The zero-order valence-corrected chi connectivity index (χ0v) is 9.08. The van der Waals surface area contributed by atoms with Crippen LogP contribution in [0.25, 0.3) is 0 Å². The number of carbonyl (C=O) groups is 1. The minimum atomic E-state index is 0.145. The smallest absolute Gasteiger partial charge is 0.223 e. The van der Waals surface area contributed by atoms with Gasteiger partial charge in [0.2, 0.25) is 5.91 Å². The highest BCUT2D eigenvalue weighted by atomic mass is 16.5. The molecule has 0 spiro atoms. The highest BCUT2D eigenvalue weighted by molar-refractivity contribution is 5.79. The van der Waals surface area contributed by atoms with Gasteiger partial charge < -0.3 is 15.8 Å². The third-order valence-corrected chi connectivity index (χ3v) is 3.36. The molecule has 1 atom stereocenters. The Kier molecular flexibility index (Phi) is 3.59. The summed E-state index contributed by atoms with van der Waals surface area (Å²) in [6.07, 6.45) is 4.15. The van der Waals surface area contributed by atoms with Gasteiger partial charge in [0.25, 0.3) is 0 Å². The van der Waals surface area contributed by atoms with Crippen LogP contribution in [-0.2, 0) is 9.53 Å². The van der Waals surface area contributed by atoms with Gasteiger partial charge in [-0.15, -0.1) is 0 Å². The molecule has 2 aliphatic rings. The molecule has 1 saturated heterocycles. The van der Waals surface area contributed by atoms with Gasteiger partial charge in [0.15, 0.2) is 0 Å². The molecule has 2 fully saturated rings. The van der Waals surface area contributed by atoms with Crippen molar-refractivity contribution >= 4 is 5.91 Å². The Balaban J connectivity index is 1.78. The van der Waals surface area contributed by atoms with E-state index in [4.69, 9.17) is 10.5 Å². The minimum Gasteiger partial charge on any atom is -0.381 e. The third-order valence-electron chi connectivity index (χ3n) is 3.36. The number of ether oxygens (including phenoxy) is 1. The molecule has 15 heavy (non-hydrogen) atoms. The van der Waals surface area contributed by atoms with Crippen molar-refractivity contribution in [2.24, 2.45) is 17.6 Å². The molecular weight excluding hydrogens is 192 g/mol. The van der Waals surface area contributed by atoms with Crippen LogP contribution < -0.4 is 11.1 Å². The second-order valence-corrected chi connectivity index (χ2v) is 4.57. The van der Waals surface area contributed by atoms with Gasteiger partial charge in [-0.1, -0.05) is 0 Å². The zero-order valence-electron chi connectivity index (χ0n) is 9.08. The minimum absolute atomic E-state index is 0.145. The average molecular weight is 212 g/mol. The molecule has 0 aromatic heterocycles. The van der Waals surface area contributed by atoms with E-state index in [1.807, 2.05) is 0 Å². The van der Waals surface area contributed by atoms with Crippen LogP contribution in [0.1, 0.15) is 25.7 Å². The van der Waals surface area contributed by atoms with Gasteiger partial charge in [-0.3, -0.25) is 4.79 Å². The van der Waals surface area contributed by atoms with E-state index in [1.54, 1.807) is 0 Å². The fourth-order valence-electron chi connectivity index (χ4n) is 2.13. The molecule has 1 unspecified atom stereocenters. The fourth-order valence-corrected chi connectivity index (χ4v) is 2.13. The SMILES string of the molecule is NCC(NC(=O)C1CCOCC1)C1CC1. The molecule has 86 valence electrons. The predicted molar refractivity (Wildman–Crippen MR) is 57.3 cm³/mol. The number of nitrogens with two attached hydrogens (primary N) is 1. The lowest BCUT2D eigenvalue weighted by molar-refractivity contribution is -0.128. The fraction of sp³-hybridized carbons (Fsp3) is 0.909. The molecule has 0 radical (unpaired) electrons. The van der Waals surface area contributed by atoms with Crippen molar-refractivity contribution in [3.05, 3.63) is 0 Å². The lowest BCUT2D eigenvalue weighted by Gasteiger charge is -2.24. The average Bonchev–Trinajstić information content (AvgIpc) is 3.10. The van der Waals surface area contributed by atoms with Crippen LogP contribution in [0.3, 0.4) is 0 Å². The summed E-state index contributed by atoms with van der Waals surface area (Å²) in [6.45, 7) is 2.00. The van der Waals surface area contributed by atoms with Crippen molar-refractivity contribution in [1.82, 2.24) is 5.32 Å². The van der Waals surface area contributed by atoms with E-state index in [9.17, 15) is 4.79 Å². The topological polar surface area (TPSA) is 64.3 Å². The normalized spacial score (nSPS) is 24.9. The lowest BCUT2D eigenvalue weighted by atomic mass is 9.98. The van der Waals surface area contributed by atoms with Gasteiger partial charge in [-0.2, -0.15) is 0 Å². The van der Waals surface area contributed by atoms with E-state index < -0.39 is 0 Å². The monoisotopic (exact) mass is 212 g/mol. The van der Waals surface area contributed by atoms with Crippen LogP contribution in [0.15, 0.2) is 0 Å². The number of carbonyl (C=O) groups excluding carboxylic acids is 1. The highest BCUT2D eigenvalue weighted by Crippen LogP contribution is 2.32. The maximum atomic E-state index is 11.9. The molecule has 1 aliphatic carbocycles. The molecule has 1 amide bonds. The van der Waals surface area contributed by atoms with Crippen LogP contribution in [0.5, 0.6) is 0 Å². The molecule has 2 rings (SSSR count). The standard InChI is InChI=1S/C11H20N2O2/c12-7-10(8-1-2-8)13-11(14)9-3-5-15-6-4-9/h8-10H,1-7,12H2,(H,13,14). The lowest BCUT2D eigenvalue weighted by Crippen LogP contribution is -2.45. The molecule has 3 N–H and O–H groups in total. The predicted octanol–water partition coefficient (Wildman–Crippen LogP) is 0.266. The molecule has 0 bridgehead atoms. The summed E-state index contributed by atoms with van der Waals surface area (Å²) in [4.78, 5) is 11.9. The van der Waals surface area contributed by atoms with Gasteiger partial charge in [-0.25, -0.2) is 0 Å². The number of nitrogens with one attached hydrogen (secondary N) is 1. The Morgan fingerprint density at radius 3 is 2.53 bits per heavy atom. The summed E-state index contributed by atoms with van der Waals surface area (Å²) < 4.78 is 5.24. The van der Waals surface area contributed by atoms with Gasteiger partial charge >= 0.3 is 0 Å². The van der Waals surface area contributed by atoms with E-state index in [2.05, 4.69) is 5.32 Å². The zero-order chi connectivity index (χ0) is 10.7. The first kappa shape index (κ1) is 10.9. The number of hydrogen-bond acceptors (Lipinski definition) is 3. The molecule has 1 heterocycles. The van der Waals surface area contributed by atoms with Crippen LogP contribution in [0, 0.1) is 11.8 Å². The second kappa shape index (κ2) is 4.94. The van der Waals surface area contributed by atoms with Gasteiger partial charge in [0.05, 0.1) is 0 Å². The molecule has 1 saturated carbocycles. The van der Waals surface area contributed by atoms with E-state index >= 15 is 0 Å². The van der Waals surface area contributed by atoms with E-state index in [1.165, 1.54) is 12.8 Å². The first-order valence-corrected chi connectivity index (χ1v) is 5.89. The molecule has 4 heteroatoms. The quantitative estimate of drug-likeness (QED) is 0.703. The van der Waals surface area contributed by atoms with E-state index in [0.29, 0.717) is 12.5 Å². The summed E-state index contributed by atoms with van der Waals surface area (Å²) >= 11 is 0. The maximum absolute atomic E-state index is 11.9. The van der Waals surface area contributed by atoms with Gasteiger partial charge in [0.1, 0.15) is 0 Å². The number of amides is 1. The Bertz CT molecular complexity index is 223. The third kappa shape index (κ3) is 2.92. The van der Waals surface area contributed by atoms with Gasteiger partial charge in [-0.05, 0) is 31.6 Å². The van der Waals surface area contributed by atoms with Crippen molar-refractivity contribution in [2.75, 3.05) is 19.8 Å². The van der Waals surface area contributed by atoms with Gasteiger partial charge in [0, 0.05) is 31.7 Å². The number of hydrogen-bond donors (Lipinski definition) is 2. The van der Waals surface area contributed by atoms with Crippen molar-refractivity contribution in [3.8, 4) is 0 Å². The highest BCUT2D eigenvalue weighted by Gasteiger charge is 2.32. The summed E-state index contributed by atoms with van der Waals surface area (Å²) in [5.41, 5.74) is 5.65. The van der Waals surface area contributed by atoms with Crippen molar-refractivity contribution in [3.63, 3.8) is 0 Å². The van der Waals surface area contributed by atoms with E-state index in [0.717, 1.165) is 26.1 Å². The van der Waals surface area contributed by atoms with Crippen molar-refractivity contribution < 1.29 is 9.53 Å². The largest absolute Gasteiger partial charge is 0.381 e. The number of rotatable bonds is 4. The Hall–Kier alpha value is -0.610. The summed E-state index contributed by atoms with van der Waals surface area (Å²) in [5, 5.41) is 3.08. The first-order chi connectivity index (χ1) is 7.31. The molecular formula is C11H20N2O2. The Morgan fingerprint density at radius 1 is 1.33 bits per heavy atom. The Morgan fingerprint density at radius 2 is 2.00 bits per heavy atom. The molecule has 1 aliphatic heterocycles. The van der Waals surface area contributed by atoms with E-state index in [-0.39, 0.29) is 17.9 Å². The molecule has 0 aromatic rings. The van der Waals surface area contributed by atoms with Crippen molar-refractivity contribution in [1.29, 1.82) is 0 Å². The summed E-state index contributed by atoms with van der Waals surface area (Å²) in [7, 11) is 0. The second-order valence-electron chi connectivity index (χ2n) is 4.57. The van der Waals surface area contributed by atoms with Crippen LogP contribution in [-0.4, -0.2) is 31.7 Å². The van der Waals surface area contributed by atoms with Crippen LogP contribution in [0.2, 0.25) is 0 Å². The summed E-state index contributed by atoms with van der Waals surface area (Å²) in [5.74, 6) is 0.964.